The zero-order valence-electron chi connectivity index (χ0n) is 23.1. The number of amides is 2. The van der Waals surface area contributed by atoms with Crippen LogP contribution in [0.3, 0.4) is 0 Å². The Balaban J connectivity index is 1.56. The molecule has 220 valence electrons. The highest BCUT2D eigenvalue weighted by atomic mass is 16.5. The Bertz CT molecular complexity index is 1380. The third-order valence-electron chi connectivity index (χ3n) is 7.27. The van der Waals surface area contributed by atoms with Gasteiger partial charge in [0.1, 0.15) is 5.75 Å². The van der Waals surface area contributed by atoms with Gasteiger partial charge in [0.05, 0.1) is 24.3 Å². The first kappa shape index (κ1) is 30.1. The second-order valence-corrected chi connectivity index (χ2v) is 10.3. The van der Waals surface area contributed by atoms with Crippen molar-refractivity contribution >= 4 is 35.3 Å². The number of nitrogens with zero attached hydrogens (tertiary/aromatic N) is 1. The maximum atomic E-state index is 13.6. The SMILES string of the molecule is O=C(O)CCCOc1ccc(CN(C(=O)Nc2cc(C(=O)O)cc(C(=O)O)c2)c2ccc(C3CCCCC3)cc2)cc1. The zero-order valence-corrected chi connectivity index (χ0v) is 23.1. The average Bonchev–Trinajstić information content (AvgIpc) is 2.99. The molecule has 0 heterocycles. The molecule has 1 aliphatic carbocycles. The van der Waals surface area contributed by atoms with Gasteiger partial charge in [-0.1, -0.05) is 43.5 Å². The van der Waals surface area contributed by atoms with Crippen LogP contribution in [0.2, 0.25) is 0 Å². The number of rotatable bonds is 12. The summed E-state index contributed by atoms with van der Waals surface area (Å²) in [5.74, 6) is -2.44. The Labute approximate surface area is 243 Å². The van der Waals surface area contributed by atoms with Crippen molar-refractivity contribution in [2.75, 3.05) is 16.8 Å². The van der Waals surface area contributed by atoms with Crippen LogP contribution in [0, 0.1) is 0 Å². The molecular formula is C32H34N2O8. The number of hydrogen-bond acceptors (Lipinski definition) is 5. The van der Waals surface area contributed by atoms with E-state index in [1.54, 1.807) is 24.3 Å². The van der Waals surface area contributed by atoms with Crippen molar-refractivity contribution in [2.45, 2.75) is 57.4 Å². The number of urea groups is 1. The molecule has 0 bridgehead atoms. The molecule has 0 aromatic heterocycles. The fourth-order valence-electron chi connectivity index (χ4n) is 5.07. The van der Waals surface area contributed by atoms with Crippen molar-refractivity contribution < 1.29 is 39.2 Å². The van der Waals surface area contributed by atoms with E-state index >= 15 is 0 Å². The first-order chi connectivity index (χ1) is 20.2. The lowest BCUT2D eigenvalue weighted by Gasteiger charge is -2.26. The van der Waals surface area contributed by atoms with Gasteiger partial charge in [-0.2, -0.15) is 0 Å². The number of aliphatic carboxylic acids is 1. The van der Waals surface area contributed by atoms with Crippen molar-refractivity contribution in [3.8, 4) is 5.75 Å². The van der Waals surface area contributed by atoms with Crippen LogP contribution in [-0.4, -0.2) is 45.9 Å². The van der Waals surface area contributed by atoms with Gasteiger partial charge < -0.3 is 25.4 Å². The van der Waals surface area contributed by atoms with Crippen molar-refractivity contribution in [3.63, 3.8) is 0 Å². The van der Waals surface area contributed by atoms with E-state index < -0.39 is 23.9 Å². The molecule has 1 fully saturated rings. The first-order valence-corrected chi connectivity index (χ1v) is 13.9. The van der Waals surface area contributed by atoms with Gasteiger partial charge in [0, 0.05) is 17.8 Å². The number of benzene rings is 3. The van der Waals surface area contributed by atoms with Gasteiger partial charge in [-0.15, -0.1) is 0 Å². The Morgan fingerprint density at radius 2 is 1.43 bits per heavy atom. The van der Waals surface area contributed by atoms with Gasteiger partial charge >= 0.3 is 23.9 Å². The minimum atomic E-state index is -1.31. The molecule has 1 aliphatic rings. The van der Waals surface area contributed by atoms with Crippen LogP contribution in [-0.2, 0) is 11.3 Å². The number of hydrogen-bond donors (Lipinski definition) is 4. The molecule has 3 aromatic rings. The molecule has 10 nitrogen and oxygen atoms in total. The van der Waals surface area contributed by atoms with Gasteiger partial charge in [0.25, 0.3) is 0 Å². The average molecular weight is 575 g/mol. The van der Waals surface area contributed by atoms with E-state index in [0.717, 1.165) is 24.5 Å². The topological polar surface area (TPSA) is 153 Å². The van der Waals surface area contributed by atoms with Crippen LogP contribution in [0.25, 0.3) is 0 Å². The maximum Gasteiger partial charge on any atom is 0.335 e. The molecule has 0 atom stereocenters. The van der Waals surface area contributed by atoms with Gasteiger partial charge in [0.2, 0.25) is 0 Å². The number of nitrogens with one attached hydrogen (secondary N) is 1. The van der Waals surface area contributed by atoms with E-state index in [9.17, 15) is 29.4 Å². The van der Waals surface area contributed by atoms with Crippen molar-refractivity contribution in [1.29, 1.82) is 0 Å². The molecule has 0 spiro atoms. The summed E-state index contributed by atoms with van der Waals surface area (Å²) in [5, 5.41) is 30.3. The number of carboxylic acid groups (broad SMARTS) is 3. The molecular weight excluding hydrogens is 540 g/mol. The van der Waals surface area contributed by atoms with Crippen LogP contribution in [0.4, 0.5) is 16.2 Å². The first-order valence-electron chi connectivity index (χ1n) is 13.9. The molecule has 1 saturated carbocycles. The Hall–Kier alpha value is -4.86. The van der Waals surface area contributed by atoms with E-state index in [2.05, 4.69) is 5.32 Å². The second-order valence-electron chi connectivity index (χ2n) is 10.3. The molecule has 2 amide bonds. The summed E-state index contributed by atoms with van der Waals surface area (Å²) < 4.78 is 5.61. The maximum absolute atomic E-state index is 13.6. The third-order valence-corrected chi connectivity index (χ3v) is 7.27. The summed E-state index contributed by atoms with van der Waals surface area (Å²) in [6.45, 7) is 0.430. The highest BCUT2D eigenvalue weighted by Crippen LogP contribution is 2.34. The fourth-order valence-corrected chi connectivity index (χ4v) is 5.07. The second kappa shape index (κ2) is 14.2. The summed E-state index contributed by atoms with van der Waals surface area (Å²) >= 11 is 0. The molecule has 10 heteroatoms. The summed E-state index contributed by atoms with van der Waals surface area (Å²) in [6.07, 6.45) is 6.34. The number of anilines is 2. The van der Waals surface area contributed by atoms with Crippen molar-refractivity contribution in [2.24, 2.45) is 0 Å². The van der Waals surface area contributed by atoms with Crippen molar-refractivity contribution in [3.05, 3.63) is 89.0 Å². The predicted octanol–water partition coefficient (Wildman–Crippen LogP) is 6.61. The number of carboxylic acids is 3. The predicted molar refractivity (Wildman–Crippen MR) is 157 cm³/mol. The van der Waals surface area contributed by atoms with Crippen LogP contribution in [0.15, 0.2) is 66.7 Å². The standard InChI is InChI=1S/C32H34N2O8/c35-29(36)7-4-16-42-28-14-8-21(9-15-28)20-34(27-12-10-23(11-13-27)22-5-2-1-3-6-22)32(41)33-26-18-24(30(37)38)17-25(19-26)31(39)40/h8-15,17-19,22H,1-7,16,20H2,(H,33,41)(H,35,36)(H,37,38)(H,39,40). The van der Waals surface area contributed by atoms with E-state index in [0.29, 0.717) is 23.8 Å². The lowest BCUT2D eigenvalue weighted by molar-refractivity contribution is -0.137. The number of ether oxygens (including phenoxy) is 1. The largest absolute Gasteiger partial charge is 0.494 e. The molecule has 0 saturated heterocycles. The van der Waals surface area contributed by atoms with Gasteiger partial charge in [-0.25, -0.2) is 14.4 Å². The monoisotopic (exact) mass is 574 g/mol. The number of aromatic carboxylic acids is 2. The van der Waals surface area contributed by atoms with Crippen LogP contribution in [0.5, 0.6) is 5.75 Å². The smallest absolute Gasteiger partial charge is 0.335 e. The lowest BCUT2D eigenvalue weighted by Crippen LogP contribution is -2.34. The van der Waals surface area contributed by atoms with Gasteiger partial charge in [-0.05, 0) is 78.8 Å². The molecule has 0 aliphatic heterocycles. The van der Waals surface area contributed by atoms with E-state index in [4.69, 9.17) is 9.84 Å². The molecule has 4 N–H and O–H groups in total. The van der Waals surface area contributed by atoms with Crippen LogP contribution >= 0.6 is 0 Å². The third kappa shape index (κ3) is 8.33. The highest BCUT2D eigenvalue weighted by molar-refractivity contribution is 6.03. The van der Waals surface area contributed by atoms with E-state index in [1.807, 2.05) is 24.3 Å². The van der Waals surface area contributed by atoms with Gasteiger partial charge in [0.15, 0.2) is 0 Å². The molecule has 0 radical (unpaired) electrons. The van der Waals surface area contributed by atoms with Crippen LogP contribution < -0.4 is 15.0 Å². The summed E-state index contributed by atoms with van der Waals surface area (Å²) in [6, 6.07) is 17.8. The summed E-state index contributed by atoms with van der Waals surface area (Å²) in [7, 11) is 0. The molecule has 42 heavy (non-hydrogen) atoms. The Morgan fingerprint density at radius 1 is 0.810 bits per heavy atom. The van der Waals surface area contributed by atoms with E-state index in [1.165, 1.54) is 41.9 Å². The lowest BCUT2D eigenvalue weighted by atomic mass is 9.84. The summed E-state index contributed by atoms with van der Waals surface area (Å²) in [5.41, 5.74) is 2.16. The quantitative estimate of drug-likeness (QED) is 0.176. The highest BCUT2D eigenvalue weighted by Gasteiger charge is 2.21. The van der Waals surface area contributed by atoms with Gasteiger partial charge in [-0.3, -0.25) is 9.69 Å². The molecule has 3 aromatic carbocycles. The van der Waals surface area contributed by atoms with Crippen molar-refractivity contribution in [1.82, 2.24) is 0 Å². The Kier molecular flexibility index (Phi) is 10.1. The molecule has 4 rings (SSSR count). The Morgan fingerprint density at radius 3 is 2.00 bits per heavy atom. The normalized spacial score (nSPS) is 13.2. The molecule has 0 unspecified atom stereocenters. The minimum Gasteiger partial charge on any atom is -0.494 e. The fraction of sp³-hybridized carbons (Fsp3) is 0.312. The van der Waals surface area contributed by atoms with Crippen LogP contribution in [0.1, 0.15) is 82.7 Å². The summed E-state index contributed by atoms with van der Waals surface area (Å²) in [4.78, 5) is 48.9. The number of carbonyl (C=O) groups is 4. The van der Waals surface area contributed by atoms with E-state index in [-0.39, 0.29) is 36.4 Å². The number of carbonyl (C=O) groups excluding carboxylic acids is 1. The zero-order chi connectivity index (χ0) is 30.1. The minimum absolute atomic E-state index is 0.0189.